The number of hydrogen-bond donors (Lipinski definition) is 2. The average molecular weight is 285 g/mol. The molecule has 2 heterocycles. The first-order valence-electron chi connectivity index (χ1n) is 6.47. The zero-order valence-corrected chi connectivity index (χ0v) is 11.4. The number of aliphatic hydroxyl groups is 1. The summed E-state index contributed by atoms with van der Waals surface area (Å²) in [4.78, 5) is 16.0. The van der Waals surface area contributed by atoms with Crippen molar-refractivity contribution in [2.45, 2.75) is 13.0 Å². The number of aryl methyl sites for hydroxylation is 1. The van der Waals surface area contributed by atoms with E-state index in [9.17, 15) is 4.79 Å². The third kappa shape index (κ3) is 4.40. The number of carbonyl (C=O) groups is 1. The highest BCUT2D eigenvalue weighted by molar-refractivity contribution is 5.96. The quantitative estimate of drug-likeness (QED) is 0.588. The summed E-state index contributed by atoms with van der Waals surface area (Å²) in [5.41, 5.74) is 0.951. The van der Waals surface area contributed by atoms with E-state index in [-0.39, 0.29) is 12.5 Å². The van der Waals surface area contributed by atoms with Gasteiger partial charge in [0.2, 0.25) is 0 Å². The Morgan fingerprint density at radius 3 is 3.10 bits per heavy atom. The van der Waals surface area contributed by atoms with Crippen molar-refractivity contribution in [2.75, 3.05) is 13.2 Å². The number of aliphatic hydroxyl groups excluding tert-OH is 1. The number of amides is 1. The molecule has 2 N–H and O–H groups in total. The summed E-state index contributed by atoms with van der Waals surface area (Å²) in [7, 11) is 0. The van der Waals surface area contributed by atoms with Crippen LogP contribution in [0.25, 0.3) is 0 Å². The van der Waals surface area contributed by atoms with Crippen molar-refractivity contribution in [2.24, 2.45) is 0 Å². The zero-order chi connectivity index (χ0) is 14.9. The van der Waals surface area contributed by atoms with Gasteiger partial charge in [-0.15, -0.1) is 5.10 Å². The average Bonchev–Trinajstić information content (AvgIpc) is 3.03. The summed E-state index contributed by atoms with van der Waals surface area (Å²) in [6.45, 7) is 0.954. The van der Waals surface area contributed by atoms with E-state index in [2.05, 4.69) is 32.5 Å². The van der Waals surface area contributed by atoms with Crippen LogP contribution in [0.3, 0.4) is 0 Å². The second-order valence-electron chi connectivity index (χ2n) is 4.16. The maximum atomic E-state index is 12.1. The van der Waals surface area contributed by atoms with Gasteiger partial charge in [0.05, 0.1) is 17.3 Å². The molecule has 0 aliphatic carbocycles. The number of nitrogens with zero attached hydrogens (tertiary/aromatic N) is 4. The molecule has 0 radical (unpaired) electrons. The van der Waals surface area contributed by atoms with Gasteiger partial charge >= 0.3 is 0 Å². The molecule has 0 unspecified atom stereocenters. The number of nitrogens with one attached hydrogen (secondary N) is 1. The van der Waals surface area contributed by atoms with Crippen LogP contribution in [0.5, 0.6) is 0 Å². The number of aromatic nitrogens is 4. The minimum atomic E-state index is -0.256. The van der Waals surface area contributed by atoms with Crippen LogP contribution in [0, 0.1) is 11.8 Å². The standard InChI is InChI=1S/C14H15N5O2/c20-10-1-3-12-11-15-6-4-13(12)14(21)16-5-2-8-19-9-7-17-18-19/h4,6-7,9,11,20H,2,5,8,10H2,(H,16,21). The summed E-state index contributed by atoms with van der Waals surface area (Å²) in [5.74, 6) is 5.01. The lowest BCUT2D eigenvalue weighted by atomic mass is 10.1. The monoisotopic (exact) mass is 285 g/mol. The van der Waals surface area contributed by atoms with Gasteiger partial charge < -0.3 is 10.4 Å². The van der Waals surface area contributed by atoms with Crippen molar-refractivity contribution in [1.82, 2.24) is 25.3 Å². The van der Waals surface area contributed by atoms with Crippen LogP contribution in [0.1, 0.15) is 22.3 Å². The van der Waals surface area contributed by atoms with Crippen LogP contribution >= 0.6 is 0 Å². The summed E-state index contributed by atoms with van der Waals surface area (Å²) >= 11 is 0. The highest BCUT2D eigenvalue weighted by Crippen LogP contribution is 2.05. The molecule has 0 bridgehead atoms. The molecule has 7 heteroatoms. The molecule has 2 aromatic rings. The third-order valence-electron chi connectivity index (χ3n) is 2.69. The highest BCUT2D eigenvalue weighted by atomic mass is 16.2. The fourth-order valence-electron chi connectivity index (χ4n) is 1.72. The maximum absolute atomic E-state index is 12.1. The molecule has 0 aliphatic heterocycles. The van der Waals surface area contributed by atoms with Crippen LogP contribution in [0.4, 0.5) is 0 Å². The SMILES string of the molecule is O=C(NCCCn1ccnn1)c1ccncc1C#CCO. The van der Waals surface area contributed by atoms with Gasteiger partial charge in [-0.3, -0.25) is 14.5 Å². The molecule has 0 fully saturated rings. The first-order valence-corrected chi connectivity index (χ1v) is 6.47. The molecular weight excluding hydrogens is 270 g/mol. The predicted molar refractivity (Wildman–Crippen MR) is 75.2 cm³/mol. The lowest BCUT2D eigenvalue weighted by molar-refractivity contribution is 0.0952. The Bertz CT molecular complexity index is 643. The Kier molecular flexibility index (Phi) is 5.43. The lowest BCUT2D eigenvalue weighted by Crippen LogP contribution is -2.26. The highest BCUT2D eigenvalue weighted by Gasteiger charge is 2.09. The first-order chi connectivity index (χ1) is 10.3. The van der Waals surface area contributed by atoms with E-state index in [4.69, 9.17) is 5.11 Å². The van der Waals surface area contributed by atoms with Gasteiger partial charge in [0.15, 0.2) is 0 Å². The Hall–Kier alpha value is -2.72. The maximum Gasteiger partial charge on any atom is 0.252 e. The molecule has 0 saturated carbocycles. The van der Waals surface area contributed by atoms with Crippen LogP contribution in [0.2, 0.25) is 0 Å². The van der Waals surface area contributed by atoms with Crippen molar-refractivity contribution in [1.29, 1.82) is 0 Å². The molecule has 1 amide bonds. The molecule has 2 aromatic heterocycles. The Morgan fingerprint density at radius 1 is 1.43 bits per heavy atom. The second kappa shape index (κ2) is 7.77. The normalized spacial score (nSPS) is 9.76. The molecule has 0 spiro atoms. The summed E-state index contributed by atoms with van der Waals surface area (Å²) in [6.07, 6.45) is 7.17. The van der Waals surface area contributed by atoms with Crippen LogP contribution in [0.15, 0.2) is 30.9 Å². The Labute approximate surface area is 122 Å². The first kappa shape index (κ1) is 14.7. The summed E-state index contributed by atoms with van der Waals surface area (Å²) < 4.78 is 1.71. The molecule has 0 saturated heterocycles. The molecule has 2 rings (SSSR count). The fourth-order valence-corrected chi connectivity index (χ4v) is 1.72. The molecule has 108 valence electrons. The van der Waals surface area contributed by atoms with Crippen molar-refractivity contribution < 1.29 is 9.90 Å². The van der Waals surface area contributed by atoms with E-state index in [0.29, 0.717) is 24.2 Å². The van der Waals surface area contributed by atoms with E-state index in [1.54, 1.807) is 23.1 Å². The third-order valence-corrected chi connectivity index (χ3v) is 2.69. The molecule has 7 nitrogen and oxygen atoms in total. The molecule has 21 heavy (non-hydrogen) atoms. The number of rotatable bonds is 5. The van der Waals surface area contributed by atoms with Crippen molar-refractivity contribution >= 4 is 5.91 Å². The van der Waals surface area contributed by atoms with E-state index in [1.165, 1.54) is 12.4 Å². The summed E-state index contributed by atoms with van der Waals surface area (Å²) in [5, 5.41) is 19.1. The second-order valence-corrected chi connectivity index (χ2v) is 4.16. The van der Waals surface area contributed by atoms with Crippen molar-refractivity contribution in [3.8, 4) is 11.8 Å². The topological polar surface area (TPSA) is 92.9 Å². The fraction of sp³-hybridized carbons (Fsp3) is 0.286. The van der Waals surface area contributed by atoms with Crippen LogP contribution in [-0.4, -0.2) is 44.1 Å². The largest absolute Gasteiger partial charge is 0.384 e. The molecular formula is C14H15N5O2. The molecule has 0 atom stereocenters. The van der Waals surface area contributed by atoms with Gasteiger partial charge in [-0.2, -0.15) is 0 Å². The lowest BCUT2D eigenvalue weighted by Gasteiger charge is -2.06. The van der Waals surface area contributed by atoms with Gasteiger partial charge in [0.1, 0.15) is 6.61 Å². The minimum Gasteiger partial charge on any atom is -0.384 e. The van der Waals surface area contributed by atoms with E-state index < -0.39 is 0 Å². The Balaban J connectivity index is 1.88. The predicted octanol–water partition coefficient (Wildman–Crippen LogP) is -0.163. The number of hydrogen-bond acceptors (Lipinski definition) is 5. The number of pyridine rings is 1. The molecule has 0 aliphatic rings. The van der Waals surface area contributed by atoms with Gasteiger partial charge in [-0.25, -0.2) is 0 Å². The zero-order valence-electron chi connectivity index (χ0n) is 11.4. The van der Waals surface area contributed by atoms with Gasteiger partial charge in [-0.1, -0.05) is 17.1 Å². The van der Waals surface area contributed by atoms with E-state index in [1.807, 2.05) is 0 Å². The van der Waals surface area contributed by atoms with Gasteiger partial charge in [0, 0.05) is 31.7 Å². The van der Waals surface area contributed by atoms with E-state index >= 15 is 0 Å². The number of carbonyl (C=O) groups excluding carboxylic acids is 1. The smallest absolute Gasteiger partial charge is 0.252 e. The summed E-state index contributed by atoms with van der Waals surface area (Å²) in [6, 6.07) is 1.61. The molecule has 0 aromatic carbocycles. The minimum absolute atomic E-state index is 0.210. The van der Waals surface area contributed by atoms with Gasteiger partial charge in [-0.05, 0) is 12.5 Å². The van der Waals surface area contributed by atoms with Crippen molar-refractivity contribution in [3.05, 3.63) is 42.0 Å². The van der Waals surface area contributed by atoms with Crippen molar-refractivity contribution in [3.63, 3.8) is 0 Å². The van der Waals surface area contributed by atoms with Gasteiger partial charge in [0.25, 0.3) is 5.91 Å². The Morgan fingerprint density at radius 2 is 2.33 bits per heavy atom. The van der Waals surface area contributed by atoms with Crippen LogP contribution in [-0.2, 0) is 6.54 Å². The van der Waals surface area contributed by atoms with Crippen LogP contribution < -0.4 is 5.32 Å². The van der Waals surface area contributed by atoms with E-state index in [0.717, 1.165) is 6.42 Å².